The highest BCUT2D eigenvalue weighted by Gasteiger charge is 2.20. The number of benzene rings is 1. The number of hydrogen-bond acceptors (Lipinski definition) is 1. The maximum Gasteiger partial charge on any atom is 0.128 e. The molecule has 0 bridgehead atoms. The highest BCUT2D eigenvalue weighted by atomic mass is 79.9. The molecule has 0 amide bonds. The van der Waals surface area contributed by atoms with Crippen LogP contribution in [0.25, 0.3) is 0 Å². The highest BCUT2D eigenvalue weighted by Crippen LogP contribution is 2.29. The van der Waals surface area contributed by atoms with Gasteiger partial charge in [-0.1, -0.05) is 35.3 Å². The summed E-state index contributed by atoms with van der Waals surface area (Å²) in [7, 11) is 0. The minimum Gasteiger partial charge on any atom is -0.312 e. The van der Waals surface area contributed by atoms with Gasteiger partial charge in [0.15, 0.2) is 0 Å². The molecule has 1 aliphatic rings. The van der Waals surface area contributed by atoms with Gasteiger partial charge in [-0.05, 0) is 43.4 Å². The molecule has 1 saturated carbocycles. The summed E-state index contributed by atoms with van der Waals surface area (Å²) in [6.45, 7) is 3.96. The summed E-state index contributed by atoms with van der Waals surface area (Å²) in [5, 5.41) is 3.37. The summed E-state index contributed by atoms with van der Waals surface area (Å²) in [4.78, 5) is 0. The number of hydrogen-bond donors (Lipinski definition) is 1. The van der Waals surface area contributed by atoms with Crippen molar-refractivity contribution >= 4 is 15.9 Å². The standard InChI is InChI=1S/C14H19BrFN/c1-10-2-3-11(6-10)8-17-9-12-4-5-13(15)7-14(12)16/h4-5,7,10-11,17H,2-3,6,8-9H2,1H3. The summed E-state index contributed by atoms with van der Waals surface area (Å²) in [5.41, 5.74) is 0.749. The number of rotatable bonds is 4. The minimum absolute atomic E-state index is 0.133. The van der Waals surface area contributed by atoms with E-state index in [1.54, 1.807) is 0 Å². The second-order valence-electron chi connectivity index (χ2n) is 5.15. The lowest BCUT2D eigenvalue weighted by Gasteiger charge is -2.11. The fourth-order valence-electron chi connectivity index (χ4n) is 2.59. The quantitative estimate of drug-likeness (QED) is 0.882. The van der Waals surface area contributed by atoms with Gasteiger partial charge in [-0.25, -0.2) is 4.39 Å². The lowest BCUT2D eigenvalue weighted by molar-refractivity contribution is 0.466. The van der Waals surface area contributed by atoms with E-state index in [2.05, 4.69) is 28.2 Å². The molecule has 0 aliphatic heterocycles. The van der Waals surface area contributed by atoms with Gasteiger partial charge in [0.25, 0.3) is 0 Å². The Morgan fingerprint density at radius 1 is 1.41 bits per heavy atom. The van der Waals surface area contributed by atoms with Crippen LogP contribution < -0.4 is 5.32 Å². The fraction of sp³-hybridized carbons (Fsp3) is 0.571. The first kappa shape index (κ1) is 13.0. The lowest BCUT2D eigenvalue weighted by atomic mass is 10.1. The monoisotopic (exact) mass is 299 g/mol. The van der Waals surface area contributed by atoms with Crippen LogP contribution >= 0.6 is 15.9 Å². The van der Waals surface area contributed by atoms with Crippen LogP contribution in [0.5, 0.6) is 0 Å². The molecular formula is C14H19BrFN. The van der Waals surface area contributed by atoms with Gasteiger partial charge in [0, 0.05) is 16.6 Å². The minimum atomic E-state index is -0.133. The predicted molar refractivity (Wildman–Crippen MR) is 72.3 cm³/mol. The van der Waals surface area contributed by atoms with Crippen molar-refractivity contribution < 1.29 is 4.39 Å². The Morgan fingerprint density at radius 3 is 2.88 bits per heavy atom. The normalized spacial score (nSPS) is 24.2. The zero-order chi connectivity index (χ0) is 12.3. The SMILES string of the molecule is CC1CCC(CNCc2ccc(Br)cc2F)C1. The number of nitrogens with one attached hydrogen (secondary N) is 1. The predicted octanol–water partition coefficient (Wildman–Crippen LogP) is 4.11. The third-order valence-corrected chi connectivity index (χ3v) is 4.06. The second-order valence-corrected chi connectivity index (χ2v) is 6.07. The van der Waals surface area contributed by atoms with Crippen molar-refractivity contribution in [1.82, 2.24) is 5.32 Å². The molecule has 0 radical (unpaired) electrons. The Hall–Kier alpha value is -0.410. The molecule has 94 valence electrons. The third kappa shape index (κ3) is 3.78. The van der Waals surface area contributed by atoms with E-state index in [9.17, 15) is 4.39 Å². The molecule has 0 aromatic heterocycles. The molecule has 1 aliphatic carbocycles. The molecule has 1 fully saturated rings. The van der Waals surface area contributed by atoms with Crippen LogP contribution in [-0.4, -0.2) is 6.54 Å². The summed E-state index contributed by atoms with van der Waals surface area (Å²) in [5.74, 6) is 1.52. The van der Waals surface area contributed by atoms with E-state index in [1.165, 1.54) is 25.3 Å². The smallest absolute Gasteiger partial charge is 0.128 e. The van der Waals surface area contributed by atoms with Crippen molar-refractivity contribution in [3.63, 3.8) is 0 Å². The van der Waals surface area contributed by atoms with E-state index in [0.717, 1.165) is 28.4 Å². The molecule has 0 heterocycles. The second kappa shape index (κ2) is 5.96. The van der Waals surface area contributed by atoms with E-state index >= 15 is 0 Å². The van der Waals surface area contributed by atoms with Crippen LogP contribution in [0.1, 0.15) is 31.7 Å². The molecule has 17 heavy (non-hydrogen) atoms. The molecule has 1 aromatic carbocycles. The first-order chi connectivity index (χ1) is 8.15. The van der Waals surface area contributed by atoms with Crippen molar-refractivity contribution in [1.29, 1.82) is 0 Å². The van der Waals surface area contributed by atoms with Gasteiger partial charge in [-0.3, -0.25) is 0 Å². The summed E-state index contributed by atoms with van der Waals surface area (Å²) < 4.78 is 14.3. The van der Waals surface area contributed by atoms with Crippen LogP contribution in [0.15, 0.2) is 22.7 Å². The van der Waals surface area contributed by atoms with Crippen LogP contribution in [0.2, 0.25) is 0 Å². The molecule has 2 atom stereocenters. The van der Waals surface area contributed by atoms with Gasteiger partial charge < -0.3 is 5.32 Å². The Morgan fingerprint density at radius 2 is 2.24 bits per heavy atom. The molecule has 2 rings (SSSR count). The summed E-state index contributed by atoms with van der Waals surface area (Å²) in [6.07, 6.45) is 3.98. The topological polar surface area (TPSA) is 12.0 Å². The maximum absolute atomic E-state index is 13.5. The van der Waals surface area contributed by atoms with E-state index in [4.69, 9.17) is 0 Å². The van der Waals surface area contributed by atoms with Gasteiger partial charge in [0.05, 0.1) is 0 Å². The maximum atomic E-state index is 13.5. The average Bonchev–Trinajstić information content (AvgIpc) is 2.68. The van der Waals surface area contributed by atoms with E-state index in [-0.39, 0.29) is 5.82 Å². The van der Waals surface area contributed by atoms with E-state index < -0.39 is 0 Å². The van der Waals surface area contributed by atoms with Crippen LogP contribution in [-0.2, 0) is 6.54 Å². The molecule has 3 heteroatoms. The fourth-order valence-corrected chi connectivity index (χ4v) is 2.92. The first-order valence-corrected chi connectivity index (χ1v) is 7.09. The van der Waals surface area contributed by atoms with Gasteiger partial charge in [0.1, 0.15) is 5.82 Å². The van der Waals surface area contributed by atoms with E-state index in [0.29, 0.717) is 6.54 Å². The molecule has 1 N–H and O–H groups in total. The Labute approximate surface area is 111 Å². The van der Waals surface area contributed by atoms with Gasteiger partial charge in [-0.15, -0.1) is 0 Å². The zero-order valence-corrected chi connectivity index (χ0v) is 11.8. The largest absolute Gasteiger partial charge is 0.312 e. The highest BCUT2D eigenvalue weighted by molar-refractivity contribution is 9.10. The average molecular weight is 300 g/mol. The van der Waals surface area contributed by atoms with Gasteiger partial charge in [0.2, 0.25) is 0 Å². The van der Waals surface area contributed by atoms with Crippen molar-refractivity contribution in [2.45, 2.75) is 32.7 Å². The summed E-state index contributed by atoms with van der Waals surface area (Å²) >= 11 is 3.26. The molecule has 2 unspecified atom stereocenters. The molecular weight excluding hydrogens is 281 g/mol. The van der Waals surface area contributed by atoms with Crippen LogP contribution in [0.3, 0.4) is 0 Å². The number of halogens is 2. The molecule has 0 spiro atoms. The van der Waals surface area contributed by atoms with Crippen molar-refractivity contribution in [2.24, 2.45) is 11.8 Å². The Balaban J connectivity index is 1.78. The molecule has 0 saturated heterocycles. The Kier molecular flexibility index (Phi) is 4.57. The summed E-state index contributed by atoms with van der Waals surface area (Å²) in [6, 6.07) is 5.25. The first-order valence-electron chi connectivity index (χ1n) is 6.30. The van der Waals surface area contributed by atoms with Crippen LogP contribution in [0, 0.1) is 17.7 Å². The molecule has 1 aromatic rings. The van der Waals surface area contributed by atoms with Gasteiger partial charge in [-0.2, -0.15) is 0 Å². The van der Waals surface area contributed by atoms with Crippen LogP contribution in [0.4, 0.5) is 4.39 Å². The van der Waals surface area contributed by atoms with Gasteiger partial charge >= 0.3 is 0 Å². The zero-order valence-electron chi connectivity index (χ0n) is 10.2. The Bertz CT molecular complexity index is 380. The molecule has 1 nitrogen and oxygen atoms in total. The lowest BCUT2D eigenvalue weighted by Crippen LogP contribution is -2.21. The third-order valence-electron chi connectivity index (χ3n) is 3.57. The van der Waals surface area contributed by atoms with E-state index in [1.807, 2.05) is 12.1 Å². The van der Waals surface area contributed by atoms with Crippen molar-refractivity contribution in [3.05, 3.63) is 34.1 Å². The van der Waals surface area contributed by atoms with Crippen molar-refractivity contribution in [3.8, 4) is 0 Å². The van der Waals surface area contributed by atoms with Crippen molar-refractivity contribution in [2.75, 3.05) is 6.54 Å².